The van der Waals surface area contributed by atoms with Crippen molar-refractivity contribution in [1.82, 2.24) is 0 Å². The molecule has 0 spiro atoms. The van der Waals surface area contributed by atoms with Crippen LogP contribution < -0.4 is 0 Å². The summed E-state index contributed by atoms with van der Waals surface area (Å²) < 4.78 is 0. The fourth-order valence-corrected chi connectivity index (χ4v) is 0. The van der Waals surface area contributed by atoms with Gasteiger partial charge in [0, 0.05) is 0 Å². The minimum Gasteiger partial charge on any atom is -0.106 e. The van der Waals surface area contributed by atoms with Crippen LogP contribution in [0.3, 0.4) is 0 Å². The molecule has 0 aromatic rings. The van der Waals surface area contributed by atoms with Crippen molar-refractivity contribution in [1.29, 1.82) is 0 Å². The second-order valence-corrected chi connectivity index (χ2v) is 0.707. The molecule has 0 unspecified atom stereocenters. The fraction of sp³-hybridized carbons (Fsp3) is 0.333. The minimum atomic E-state index is 1.25. The standard InChI is InChI=1S/C3H8.3C2H4/c1-3-2;3*1-2/h3H2,1-2H3;3*1-2H2. The van der Waals surface area contributed by atoms with Crippen LogP contribution in [0.25, 0.3) is 0 Å². The van der Waals surface area contributed by atoms with Gasteiger partial charge in [-0.2, -0.15) is 0 Å². The fourth-order valence-electron chi connectivity index (χ4n) is 0. The number of rotatable bonds is 0. The second-order valence-electron chi connectivity index (χ2n) is 0.707. The Balaban J connectivity index is -0.0000000190. The van der Waals surface area contributed by atoms with Crippen molar-refractivity contribution in [2.75, 3.05) is 0 Å². The normalized spacial score (nSPS) is 3.33. The number of hydrogen-bond donors (Lipinski definition) is 0. The summed E-state index contributed by atoms with van der Waals surface area (Å²) in [5.74, 6) is 0. The second kappa shape index (κ2) is 5770. The Morgan fingerprint density at radius 2 is 0.667 bits per heavy atom. The molecule has 0 N–H and O–H groups in total. The van der Waals surface area contributed by atoms with Gasteiger partial charge < -0.3 is 0 Å². The van der Waals surface area contributed by atoms with Gasteiger partial charge in [-0.25, -0.2) is 0 Å². The predicted molar refractivity (Wildman–Crippen MR) is 49.7 cm³/mol. The van der Waals surface area contributed by atoms with Gasteiger partial charge in [0.15, 0.2) is 0 Å². The maximum Gasteiger partial charge on any atom is -0.0590 e. The third-order valence-corrected chi connectivity index (χ3v) is 0. The zero-order chi connectivity index (χ0) is 8.71. The maximum atomic E-state index is 3.00. The van der Waals surface area contributed by atoms with Crippen molar-refractivity contribution in [3.05, 3.63) is 39.5 Å². The van der Waals surface area contributed by atoms with Crippen LogP contribution in [-0.2, 0) is 0 Å². The first-order valence-corrected chi connectivity index (χ1v) is 2.91. The molecule has 0 amide bonds. The summed E-state index contributed by atoms with van der Waals surface area (Å²) in [6.07, 6.45) is 1.25. The molecular weight excluding hydrogens is 108 g/mol. The molecule has 0 rings (SSSR count). The third-order valence-electron chi connectivity index (χ3n) is 0. The average Bonchev–Trinajstić information content (AvgIpc) is 2.01. The van der Waals surface area contributed by atoms with Crippen molar-refractivity contribution in [3.8, 4) is 0 Å². The lowest BCUT2D eigenvalue weighted by Gasteiger charge is -1.48. The first kappa shape index (κ1) is 24.1. The van der Waals surface area contributed by atoms with E-state index in [4.69, 9.17) is 0 Å². The summed E-state index contributed by atoms with van der Waals surface area (Å²) in [6.45, 7) is 22.2. The summed E-state index contributed by atoms with van der Waals surface area (Å²) in [6, 6.07) is 0. The van der Waals surface area contributed by atoms with Crippen LogP contribution in [0.15, 0.2) is 39.5 Å². The Kier molecular flexibility index (Phi) is 15400. The Morgan fingerprint density at radius 3 is 0.667 bits per heavy atom. The SMILES string of the molecule is C=C.C=C.C=C.CCC. The molecule has 0 radical (unpaired) electrons. The predicted octanol–water partition coefficient (Wildman–Crippen LogP) is 3.82. The molecule has 0 bridgehead atoms. The van der Waals surface area contributed by atoms with Gasteiger partial charge in [-0.05, 0) is 0 Å². The molecule has 0 fully saturated rings. The highest BCUT2D eigenvalue weighted by Gasteiger charge is 1.35. The summed E-state index contributed by atoms with van der Waals surface area (Å²) in [7, 11) is 0. The molecule has 0 nitrogen and oxygen atoms in total. The van der Waals surface area contributed by atoms with E-state index in [1.54, 1.807) is 0 Å². The topological polar surface area (TPSA) is 0 Å². The van der Waals surface area contributed by atoms with Gasteiger partial charge in [0.2, 0.25) is 0 Å². The van der Waals surface area contributed by atoms with Crippen molar-refractivity contribution < 1.29 is 0 Å². The Hall–Kier alpha value is -0.780. The van der Waals surface area contributed by atoms with E-state index in [1.807, 2.05) is 0 Å². The molecule has 0 aliphatic rings. The molecule has 0 aromatic carbocycles. The van der Waals surface area contributed by atoms with E-state index in [-0.39, 0.29) is 0 Å². The van der Waals surface area contributed by atoms with E-state index < -0.39 is 0 Å². The monoisotopic (exact) mass is 128 g/mol. The third kappa shape index (κ3) is 323. The van der Waals surface area contributed by atoms with Gasteiger partial charge >= 0.3 is 0 Å². The Labute approximate surface area is 60.6 Å². The molecule has 0 saturated carbocycles. The molecule has 0 heteroatoms. The van der Waals surface area contributed by atoms with Crippen LogP contribution in [0, 0.1) is 0 Å². The summed E-state index contributed by atoms with van der Waals surface area (Å²) in [5.41, 5.74) is 0. The molecule has 0 atom stereocenters. The van der Waals surface area contributed by atoms with Crippen molar-refractivity contribution in [2.45, 2.75) is 20.3 Å². The van der Waals surface area contributed by atoms with E-state index in [0.717, 1.165) is 0 Å². The Morgan fingerprint density at radius 1 is 0.667 bits per heavy atom. The van der Waals surface area contributed by atoms with Crippen LogP contribution in [0.1, 0.15) is 20.3 Å². The lowest BCUT2D eigenvalue weighted by Crippen LogP contribution is -1.27. The smallest absolute Gasteiger partial charge is 0.0590 e. The largest absolute Gasteiger partial charge is 0.106 e. The molecule has 0 saturated heterocycles. The van der Waals surface area contributed by atoms with Gasteiger partial charge in [-0.3, -0.25) is 0 Å². The maximum absolute atomic E-state index is 3.00. The zero-order valence-electron chi connectivity index (χ0n) is 6.95. The van der Waals surface area contributed by atoms with E-state index in [9.17, 15) is 0 Å². The quantitative estimate of drug-likeness (QED) is 0.435. The van der Waals surface area contributed by atoms with Crippen LogP contribution >= 0.6 is 0 Å². The molecule has 0 heterocycles. The molecular formula is C9H20. The average molecular weight is 128 g/mol. The molecule has 0 aliphatic carbocycles. The van der Waals surface area contributed by atoms with Crippen LogP contribution in [0.2, 0.25) is 0 Å². The van der Waals surface area contributed by atoms with Gasteiger partial charge in [0.05, 0.1) is 0 Å². The van der Waals surface area contributed by atoms with E-state index >= 15 is 0 Å². The van der Waals surface area contributed by atoms with Gasteiger partial charge in [0.25, 0.3) is 0 Å². The van der Waals surface area contributed by atoms with Gasteiger partial charge in [-0.15, -0.1) is 39.5 Å². The van der Waals surface area contributed by atoms with Crippen LogP contribution in [0.4, 0.5) is 0 Å². The summed E-state index contributed by atoms with van der Waals surface area (Å²) in [4.78, 5) is 0. The highest BCUT2D eigenvalue weighted by Crippen LogP contribution is 1.56. The minimum absolute atomic E-state index is 1.25. The first-order chi connectivity index (χ1) is 4.41. The lowest BCUT2D eigenvalue weighted by atomic mass is 10.6. The van der Waals surface area contributed by atoms with Gasteiger partial charge in [0.1, 0.15) is 0 Å². The molecule has 56 valence electrons. The van der Waals surface area contributed by atoms with Crippen LogP contribution in [0.5, 0.6) is 0 Å². The number of hydrogen-bond acceptors (Lipinski definition) is 0. The van der Waals surface area contributed by atoms with Crippen molar-refractivity contribution in [2.24, 2.45) is 0 Å². The van der Waals surface area contributed by atoms with Crippen molar-refractivity contribution in [3.63, 3.8) is 0 Å². The van der Waals surface area contributed by atoms with E-state index in [1.165, 1.54) is 6.42 Å². The zero-order valence-corrected chi connectivity index (χ0v) is 6.95. The van der Waals surface area contributed by atoms with Gasteiger partial charge in [-0.1, -0.05) is 20.3 Å². The summed E-state index contributed by atoms with van der Waals surface area (Å²) >= 11 is 0. The first-order valence-electron chi connectivity index (χ1n) is 2.91. The van der Waals surface area contributed by atoms with Crippen molar-refractivity contribution >= 4 is 0 Å². The van der Waals surface area contributed by atoms with Crippen LogP contribution in [-0.4, -0.2) is 0 Å². The van der Waals surface area contributed by atoms with E-state index in [2.05, 4.69) is 53.3 Å². The lowest BCUT2D eigenvalue weighted by molar-refractivity contribution is 1.09. The molecule has 0 aliphatic heterocycles. The summed E-state index contributed by atoms with van der Waals surface area (Å²) in [5, 5.41) is 0. The van der Waals surface area contributed by atoms with E-state index in [0.29, 0.717) is 0 Å². The Bertz CT molecular complexity index is 11.2. The molecule has 9 heavy (non-hydrogen) atoms. The highest BCUT2D eigenvalue weighted by atomic mass is 13.4. The molecule has 0 aromatic heterocycles. The highest BCUT2D eigenvalue weighted by molar-refractivity contribution is 4.22.